The number of nitrogens with one attached hydrogen (secondary N) is 1. The molecule has 1 atom stereocenters. The van der Waals surface area contributed by atoms with Crippen molar-refractivity contribution in [2.24, 2.45) is 5.73 Å². The van der Waals surface area contributed by atoms with Crippen LogP contribution in [0.2, 0.25) is 0 Å². The highest BCUT2D eigenvalue weighted by Gasteiger charge is 2.11. The number of nitrogens with two attached hydrogens (primary N) is 1. The van der Waals surface area contributed by atoms with E-state index in [0.29, 0.717) is 0 Å². The molecule has 6 heteroatoms. The highest BCUT2D eigenvalue weighted by molar-refractivity contribution is 6.17. The van der Waals surface area contributed by atoms with E-state index in [-0.39, 0.29) is 6.07 Å². The van der Waals surface area contributed by atoms with Gasteiger partial charge >= 0.3 is 6.09 Å². The molecule has 0 aromatic rings. The van der Waals surface area contributed by atoms with Crippen molar-refractivity contribution in [1.82, 2.24) is 5.32 Å². The molecular weight excluding hydrogens is 172 g/mol. The zero-order valence-corrected chi connectivity index (χ0v) is 6.72. The van der Waals surface area contributed by atoms with E-state index in [1.54, 1.807) is 0 Å². The fraction of sp³-hybridized carbons (Fsp3) is 0.600. The molecule has 0 aliphatic carbocycles. The number of primary amides is 1. The normalized spacial score (nSPS) is 11.8. The van der Waals surface area contributed by atoms with E-state index in [2.05, 4.69) is 10.1 Å². The van der Waals surface area contributed by atoms with Gasteiger partial charge in [-0.2, -0.15) is 0 Å². The average molecular weight is 181 g/mol. The minimum Gasteiger partial charge on any atom is -0.433 e. The first-order valence-corrected chi connectivity index (χ1v) is 3.40. The molecular formula is C5H9ClN2O3. The van der Waals surface area contributed by atoms with Gasteiger partial charge in [-0.05, 0) is 6.92 Å². The Bertz CT molecular complexity index is 162. The second-order valence-corrected chi connectivity index (χ2v) is 2.03. The molecule has 0 heterocycles. The van der Waals surface area contributed by atoms with Gasteiger partial charge in [-0.1, -0.05) is 11.6 Å². The zero-order chi connectivity index (χ0) is 8.85. The van der Waals surface area contributed by atoms with Gasteiger partial charge in [0.05, 0.1) is 0 Å². The quantitative estimate of drug-likeness (QED) is 0.590. The van der Waals surface area contributed by atoms with Crippen LogP contribution in [0.1, 0.15) is 6.92 Å². The van der Waals surface area contributed by atoms with Crippen LogP contribution in [0.5, 0.6) is 0 Å². The molecule has 0 aliphatic heterocycles. The standard InChI is InChI=1S/C5H9ClN2O3/c1-3(4(7)9)8-5(10)11-2-6/h3H,2H2,1H3,(H2,7,9)(H,8,10). The minimum atomic E-state index is -0.758. The molecule has 0 rings (SSSR count). The summed E-state index contributed by atoms with van der Waals surface area (Å²) in [5.74, 6) is -0.628. The van der Waals surface area contributed by atoms with Crippen LogP contribution in [-0.2, 0) is 9.53 Å². The lowest BCUT2D eigenvalue weighted by molar-refractivity contribution is -0.119. The van der Waals surface area contributed by atoms with Crippen LogP contribution in [0, 0.1) is 0 Å². The first kappa shape index (κ1) is 10.0. The first-order chi connectivity index (χ1) is 5.07. The van der Waals surface area contributed by atoms with Crippen LogP contribution in [-0.4, -0.2) is 24.1 Å². The number of ether oxygens (including phenoxy) is 1. The average Bonchev–Trinajstić information content (AvgIpc) is 1.87. The summed E-state index contributed by atoms with van der Waals surface area (Å²) in [4.78, 5) is 20.9. The molecule has 0 aliphatic rings. The van der Waals surface area contributed by atoms with Crippen molar-refractivity contribution in [2.75, 3.05) is 6.07 Å². The van der Waals surface area contributed by atoms with Crippen LogP contribution < -0.4 is 11.1 Å². The molecule has 11 heavy (non-hydrogen) atoms. The van der Waals surface area contributed by atoms with E-state index in [1.807, 2.05) is 0 Å². The van der Waals surface area contributed by atoms with Gasteiger partial charge in [0.25, 0.3) is 0 Å². The number of hydrogen-bond acceptors (Lipinski definition) is 3. The third-order valence-electron chi connectivity index (χ3n) is 0.947. The van der Waals surface area contributed by atoms with Crippen molar-refractivity contribution in [1.29, 1.82) is 0 Å². The van der Waals surface area contributed by atoms with Crippen molar-refractivity contribution in [2.45, 2.75) is 13.0 Å². The Morgan fingerprint density at radius 2 is 2.27 bits per heavy atom. The summed E-state index contributed by atoms with van der Waals surface area (Å²) in [6, 6.07) is -0.997. The van der Waals surface area contributed by atoms with Gasteiger partial charge in [0.2, 0.25) is 5.91 Å². The third kappa shape index (κ3) is 4.44. The molecule has 0 bridgehead atoms. The second kappa shape index (κ2) is 4.79. The molecule has 0 fully saturated rings. The van der Waals surface area contributed by atoms with Gasteiger partial charge in [-0.3, -0.25) is 4.79 Å². The molecule has 64 valence electrons. The van der Waals surface area contributed by atoms with Gasteiger partial charge in [-0.25, -0.2) is 4.79 Å². The fourth-order valence-electron chi connectivity index (χ4n) is 0.339. The van der Waals surface area contributed by atoms with Crippen LogP contribution in [0.3, 0.4) is 0 Å². The highest BCUT2D eigenvalue weighted by Crippen LogP contribution is 1.84. The number of alkyl halides is 1. The molecule has 1 unspecified atom stereocenters. The zero-order valence-electron chi connectivity index (χ0n) is 5.96. The van der Waals surface area contributed by atoms with E-state index in [0.717, 1.165) is 0 Å². The van der Waals surface area contributed by atoms with E-state index in [1.165, 1.54) is 6.92 Å². The van der Waals surface area contributed by atoms with Gasteiger partial charge < -0.3 is 15.8 Å². The Labute approximate surface area is 68.8 Å². The number of carbonyl (C=O) groups excluding carboxylic acids is 2. The minimum absolute atomic E-state index is 0.253. The Morgan fingerprint density at radius 1 is 1.73 bits per heavy atom. The molecule has 0 saturated heterocycles. The summed E-state index contributed by atoms with van der Waals surface area (Å²) in [6.07, 6.45) is -0.758. The summed E-state index contributed by atoms with van der Waals surface area (Å²) in [6.45, 7) is 1.44. The van der Waals surface area contributed by atoms with Crippen molar-refractivity contribution in [3.63, 3.8) is 0 Å². The smallest absolute Gasteiger partial charge is 0.408 e. The lowest BCUT2D eigenvalue weighted by Gasteiger charge is -2.08. The molecule has 0 aromatic heterocycles. The largest absolute Gasteiger partial charge is 0.433 e. The van der Waals surface area contributed by atoms with Crippen LogP contribution in [0.15, 0.2) is 0 Å². The van der Waals surface area contributed by atoms with E-state index < -0.39 is 18.0 Å². The van der Waals surface area contributed by atoms with Crippen molar-refractivity contribution >= 4 is 23.6 Å². The Morgan fingerprint density at radius 3 is 2.64 bits per heavy atom. The maximum Gasteiger partial charge on any atom is 0.408 e. The van der Waals surface area contributed by atoms with Crippen molar-refractivity contribution in [3.05, 3.63) is 0 Å². The monoisotopic (exact) mass is 180 g/mol. The third-order valence-corrected chi connectivity index (χ3v) is 1.06. The summed E-state index contributed by atoms with van der Waals surface area (Å²) < 4.78 is 4.27. The van der Waals surface area contributed by atoms with Crippen LogP contribution >= 0.6 is 11.6 Å². The van der Waals surface area contributed by atoms with Gasteiger partial charge in [0, 0.05) is 0 Å². The maximum atomic E-state index is 10.5. The first-order valence-electron chi connectivity index (χ1n) is 2.86. The fourth-order valence-corrected chi connectivity index (χ4v) is 0.438. The van der Waals surface area contributed by atoms with E-state index in [9.17, 15) is 9.59 Å². The Kier molecular flexibility index (Phi) is 4.36. The van der Waals surface area contributed by atoms with E-state index in [4.69, 9.17) is 17.3 Å². The number of amides is 2. The highest BCUT2D eigenvalue weighted by atomic mass is 35.5. The number of carbonyl (C=O) groups is 2. The van der Waals surface area contributed by atoms with Crippen molar-refractivity contribution < 1.29 is 14.3 Å². The van der Waals surface area contributed by atoms with Crippen LogP contribution in [0.25, 0.3) is 0 Å². The second-order valence-electron chi connectivity index (χ2n) is 1.81. The van der Waals surface area contributed by atoms with Crippen molar-refractivity contribution in [3.8, 4) is 0 Å². The Hall–Kier alpha value is -0.970. The topological polar surface area (TPSA) is 81.4 Å². The predicted octanol–water partition coefficient (Wildman–Crippen LogP) is -0.217. The molecule has 5 nitrogen and oxygen atoms in total. The van der Waals surface area contributed by atoms with E-state index >= 15 is 0 Å². The Balaban J connectivity index is 3.66. The predicted molar refractivity (Wildman–Crippen MR) is 39.0 cm³/mol. The lowest BCUT2D eigenvalue weighted by Crippen LogP contribution is -2.42. The number of hydrogen-bond donors (Lipinski definition) is 2. The molecule has 0 radical (unpaired) electrons. The van der Waals surface area contributed by atoms with Crippen LogP contribution in [0.4, 0.5) is 4.79 Å². The van der Waals surface area contributed by atoms with Gasteiger partial charge in [-0.15, -0.1) is 0 Å². The number of halogens is 1. The maximum absolute atomic E-state index is 10.5. The molecule has 3 N–H and O–H groups in total. The summed E-state index contributed by atoms with van der Waals surface area (Å²) >= 11 is 5.06. The lowest BCUT2D eigenvalue weighted by atomic mass is 10.3. The summed E-state index contributed by atoms with van der Waals surface area (Å²) in [5.41, 5.74) is 4.84. The summed E-state index contributed by atoms with van der Waals surface area (Å²) in [7, 11) is 0. The molecule has 0 saturated carbocycles. The molecule has 0 spiro atoms. The molecule has 0 aromatic carbocycles. The SMILES string of the molecule is CC(NC(=O)OCCl)C(N)=O. The number of rotatable bonds is 3. The number of alkyl carbamates (subject to hydrolysis) is 1. The van der Waals surface area contributed by atoms with Gasteiger partial charge in [0.15, 0.2) is 6.07 Å². The molecule has 2 amide bonds. The summed E-state index contributed by atoms with van der Waals surface area (Å²) in [5, 5.41) is 2.16. The van der Waals surface area contributed by atoms with Gasteiger partial charge in [0.1, 0.15) is 6.04 Å².